The van der Waals surface area contributed by atoms with Crippen molar-refractivity contribution >= 4 is 5.91 Å². The molecule has 1 heterocycles. The Labute approximate surface area is 63.9 Å². The van der Waals surface area contributed by atoms with Gasteiger partial charge in [0.15, 0.2) is 5.75 Å². The number of nitrogens with one attached hydrogen (secondary N) is 1. The van der Waals surface area contributed by atoms with Gasteiger partial charge in [-0.2, -0.15) is 5.48 Å². The van der Waals surface area contributed by atoms with Crippen LogP contribution in [0.5, 0.6) is 5.75 Å². The van der Waals surface area contributed by atoms with Gasteiger partial charge in [0.25, 0.3) is 5.91 Å². The molecule has 0 saturated heterocycles. The average Bonchev–Trinajstić information content (AvgIpc) is 2.04. The number of rotatable bonds is 0. The van der Waals surface area contributed by atoms with Gasteiger partial charge in [0.05, 0.1) is 6.42 Å². The van der Waals surface area contributed by atoms with Crippen molar-refractivity contribution < 1.29 is 9.63 Å². The Morgan fingerprint density at radius 2 is 2.55 bits per heavy atom. The molecule has 1 radical (unpaired) electrons. The van der Waals surface area contributed by atoms with Gasteiger partial charge in [0.2, 0.25) is 0 Å². The van der Waals surface area contributed by atoms with E-state index in [1.807, 2.05) is 6.07 Å². The molecule has 0 unspecified atom stereocenters. The fraction of sp³-hybridized carbons (Fsp3) is 0.125. The Kier molecular flexibility index (Phi) is 1.28. The lowest BCUT2D eigenvalue weighted by atomic mass is 10.1. The molecule has 1 aliphatic heterocycles. The van der Waals surface area contributed by atoms with E-state index in [1.54, 1.807) is 12.1 Å². The summed E-state index contributed by atoms with van der Waals surface area (Å²) in [5, 5.41) is 0. The third kappa shape index (κ3) is 1.05. The number of hydrogen-bond acceptors (Lipinski definition) is 2. The molecule has 0 saturated carbocycles. The van der Waals surface area contributed by atoms with E-state index in [9.17, 15) is 4.79 Å². The molecule has 1 aliphatic rings. The molecule has 2 rings (SSSR count). The van der Waals surface area contributed by atoms with E-state index >= 15 is 0 Å². The molecule has 1 N–H and O–H groups in total. The molecular formula is C8H6NO2. The number of carbonyl (C=O) groups excluding carboxylic acids is 1. The van der Waals surface area contributed by atoms with Crippen LogP contribution >= 0.6 is 0 Å². The van der Waals surface area contributed by atoms with Crippen molar-refractivity contribution in [1.29, 1.82) is 0 Å². The molecule has 0 bridgehead atoms. The van der Waals surface area contributed by atoms with Crippen molar-refractivity contribution in [2.24, 2.45) is 0 Å². The SMILES string of the molecule is O=C1Cc2cc[c]cc2ON1. The first-order valence-corrected chi connectivity index (χ1v) is 3.31. The zero-order valence-corrected chi connectivity index (χ0v) is 5.76. The first-order chi connectivity index (χ1) is 5.36. The molecule has 55 valence electrons. The average molecular weight is 148 g/mol. The predicted octanol–water partition coefficient (Wildman–Crippen LogP) is 0.453. The highest BCUT2D eigenvalue weighted by atomic mass is 16.7. The molecule has 0 spiro atoms. The molecule has 3 nitrogen and oxygen atoms in total. The highest BCUT2D eigenvalue weighted by Crippen LogP contribution is 2.19. The lowest BCUT2D eigenvalue weighted by Crippen LogP contribution is -2.32. The second kappa shape index (κ2) is 2.27. The fourth-order valence-corrected chi connectivity index (χ4v) is 1.01. The smallest absolute Gasteiger partial charge is 0.257 e. The summed E-state index contributed by atoms with van der Waals surface area (Å²) in [5.74, 6) is 0.579. The normalized spacial score (nSPS) is 14.7. The second-order valence-corrected chi connectivity index (χ2v) is 2.34. The Morgan fingerprint density at radius 3 is 3.45 bits per heavy atom. The van der Waals surface area contributed by atoms with Crippen LogP contribution < -0.4 is 10.3 Å². The summed E-state index contributed by atoms with van der Waals surface area (Å²) in [5.41, 5.74) is 3.19. The summed E-state index contributed by atoms with van der Waals surface area (Å²) in [4.78, 5) is 15.7. The van der Waals surface area contributed by atoms with Gasteiger partial charge >= 0.3 is 0 Å². The summed E-state index contributed by atoms with van der Waals surface area (Å²) in [6.07, 6.45) is 0.393. The maximum absolute atomic E-state index is 10.8. The summed E-state index contributed by atoms with van der Waals surface area (Å²) >= 11 is 0. The maximum Gasteiger partial charge on any atom is 0.257 e. The predicted molar refractivity (Wildman–Crippen MR) is 37.8 cm³/mol. The minimum absolute atomic E-state index is 0.108. The third-order valence-corrected chi connectivity index (χ3v) is 1.54. The Morgan fingerprint density at radius 1 is 1.64 bits per heavy atom. The molecule has 1 aromatic carbocycles. The van der Waals surface area contributed by atoms with Gasteiger partial charge in [-0.05, 0) is 12.1 Å². The molecule has 0 fully saturated rings. The number of fused-ring (bicyclic) bond motifs is 1. The van der Waals surface area contributed by atoms with Crippen LogP contribution in [0.15, 0.2) is 18.2 Å². The molecule has 0 aromatic heterocycles. The van der Waals surface area contributed by atoms with Gasteiger partial charge < -0.3 is 4.84 Å². The van der Waals surface area contributed by atoms with Crippen LogP contribution in [0.4, 0.5) is 0 Å². The van der Waals surface area contributed by atoms with E-state index in [1.165, 1.54) is 0 Å². The van der Waals surface area contributed by atoms with E-state index in [-0.39, 0.29) is 5.91 Å². The van der Waals surface area contributed by atoms with Crippen molar-refractivity contribution in [2.75, 3.05) is 0 Å². The summed E-state index contributed by atoms with van der Waals surface area (Å²) in [6, 6.07) is 8.15. The van der Waals surface area contributed by atoms with Crippen LogP contribution in [0.25, 0.3) is 0 Å². The molecule has 11 heavy (non-hydrogen) atoms. The van der Waals surface area contributed by atoms with Crippen molar-refractivity contribution in [3.63, 3.8) is 0 Å². The minimum Gasteiger partial charge on any atom is -0.379 e. The van der Waals surface area contributed by atoms with Crippen LogP contribution in [0.3, 0.4) is 0 Å². The van der Waals surface area contributed by atoms with E-state index in [0.717, 1.165) is 5.56 Å². The molecular weight excluding hydrogens is 142 g/mol. The van der Waals surface area contributed by atoms with Crippen molar-refractivity contribution in [3.05, 3.63) is 29.8 Å². The maximum atomic E-state index is 10.8. The van der Waals surface area contributed by atoms with E-state index in [4.69, 9.17) is 4.84 Å². The number of benzene rings is 1. The van der Waals surface area contributed by atoms with E-state index in [2.05, 4.69) is 11.5 Å². The summed E-state index contributed by atoms with van der Waals surface area (Å²) in [6.45, 7) is 0. The van der Waals surface area contributed by atoms with Crippen LogP contribution in [-0.2, 0) is 11.2 Å². The van der Waals surface area contributed by atoms with Gasteiger partial charge in [-0.1, -0.05) is 12.1 Å². The van der Waals surface area contributed by atoms with E-state index < -0.39 is 0 Å². The van der Waals surface area contributed by atoms with Gasteiger partial charge in [-0.15, -0.1) is 0 Å². The lowest BCUT2D eigenvalue weighted by molar-refractivity contribution is -0.128. The van der Waals surface area contributed by atoms with Crippen LogP contribution in [-0.4, -0.2) is 5.91 Å². The zero-order chi connectivity index (χ0) is 7.68. The largest absolute Gasteiger partial charge is 0.379 e. The Balaban J connectivity index is 2.41. The Hall–Kier alpha value is -1.51. The van der Waals surface area contributed by atoms with Crippen molar-refractivity contribution in [1.82, 2.24) is 5.48 Å². The number of hydrogen-bond donors (Lipinski definition) is 1. The van der Waals surface area contributed by atoms with Gasteiger partial charge in [-0.25, -0.2) is 0 Å². The third-order valence-electron chi connectivity index (χ3n) is 1.54. The lowest BCUT2D eigenvalue weighted by Gasteiger charge is -2.15. The Bertz CT molecular complexity index is 296. The summed E-state index contributed by atoms with van der Waals surface area (Å²) < 4.78 is 0. The highest BCUT2D eigenvalue weighted by Gasteiger charge is 2.14. The summed E-state index contributed by atoms with van der Waals surface area (Å²) in [7, 11) is 0. The van der Waals surface area contributed by atoms with E-state index in [0.29, 0.717) is 12.2 Å². The molecule has 3 heteroatoms. The highest BCUT2D eigenvalue weighted by molar-refractivity contribution is 5.79. The van der Waals surface area contributed by atoms with Gasteiger partial charge in [0.1, 0.15) is 0 Å². The standard InChI is InChI=1S/C8H6NO2/c10-8-5-6-3-1-2-4-7(6)11-9-8/h1,3-4H,5H2,(H,9,10). The number of hydroxylamine groups is 1. The van der Waals surface area contributed by atoms with Gasteiger partial charge in [0, 0.05) is 5.56 Å². The molecule has 1 aromatic rings. The first kappa shape index (κ1) is 6.22. The first-order valence-electron chi connectivity index (χ1n) is 3.31. The van der Waals surface area contributed by atoms with Gasteiger partial charge in [-0.3, -0.25) is 4.79 Å². The quantitative estimate of drug-likeness (QED) is 0.580. The molecule has 0 atom stereocenters. The number of carbonyl (C=O) groups is 1. The van der Waals surface area contributed by atoms with Crippen molar-refractivity contribution in [2.45, 2.75) is 6.42 Å². The topological polar surface area (TPSA) is 38.3 Å². The molecule has 1 amide bonds. The fourth-order valence-electron chi connectivity index (χ4n) is 1.01. The number of amides is 1. The molecule has 0 aliphatic carbocycles. The van der Waals surface area contributed by atoms with Crippen molar-refractivity contribution in [3.8, 4) is 5.75 Å². The van der Waals surface area contributed by atoms with Crippen LogP contribution in [0, 0.1) is 6.07 Å². The van der Waals surface area contributed by atoms with Crippen LogP contribution in [0.1, 0.15) is 5.56 Å². The van der Waals surface area contributed by atoms with Crippen LogP contribution in [0.2, 0.25) is 0 Å². The zero-order valence-electron chi connectivity index (χ0n) is 5.76. The monoisotopic (exact) mass is 148 g/mol. The minimum atomic E-state index is -0.108. The second-order valence-electron chi connectivity index (χ2n) is 2.34.